The number of nitrogens with zero attached hydrogens (tertiary/aromatic N) is 3. The highest BCUT2D eigenvalue weighted by atomic mass is 16.2. The highest BCUT2D eigenvalue weighted by molar-refractivity contribution is 5.96. The van der Waals surface area contributed by atoms with E-state index < -0.39 is 0 Å². The molecule has 0 bridgehead atoms. The first-order valence-electron chi connectivity index (χ1n) is 8.06. The van der Waals surface area contributed by atoms with Gasteiger partial charge in [0.15, 0.2) is 0 Å². The van der Waals surface area contributed by atoms with E-state index >= 15 is 0 Å². The van der Waals surface area contributed by atoms with Crippen molar-refractivity contribution in [2.45, 2.75) is 27.2 Å². The van der Waals surface area contributed by atoms with Crippen LogP contribution in [0.4, 0.5) is 0 Å². The topological polar surface area (TPSA) is 64.2 Å². The zero-order valence-electron chi connectivity index (χ0n) is 14.0. The Labute approximate surface area is 137 Å². The molecule has 1 unspecified atom stereocenters. The van der Waals surface area contributed by atoms with Crippen molar-refractivity contribution >= 4 is 5.91 Å². The molecular formula is C18H24N4O. The van der Waals surface area contributed by atoms with Gasteiger partial charge < -0.3 is 10.6 Å². The zero-order valence-corrected chi connectivity index (χ0v) is 14.0. The molecule has 1 amide bonds. The number of para-hydroxylation sites is 1. The number of hydrogen-bond donors (Lipinski definition) is 1. The lowest BCUT2D eigenvalue weighted by Gasteiger charge is -2.22. The summed E-state index contributed by atoms with van der Waals surface area (Å²) in [6.45, 7) is 8.10. The van der Waals surface area contributed by atoms with Crippen LogP contribution in [0.5, 0.6) is 0 Å². The molecule has 1 aromatic heterocycles. The third kappa shape index (κ3) is 2.77. The average Bonchev–Trinajstić information content (AvgIpc) is 3.09. The van der Waals surface area contributed by atoms with Crippen LogP contribution in [0.25, 0.3) is 5.69 Å². The minimum atomic E-state index is 0.0346. The van der Waals surface area contributed by atoms with Crippen molar-refractivity contribution in [1.29, 1.82) is 0 Å². The Kier molecular flexibility index (Phi) is 3.98. The van der Waals surface area contributed by atoms with E-state index in [1.54, 1.807) is 0 Å². The van der Waals surface area contributed by atoms with Gasteiger partial charge in [0.05, 0.1) is 22.6 Å². The molecule has 1 atom stereocenters. The van der Waals surface area contributed by atoms with Crippen LogP contribution in [0.15, 0.2) is 30.3 Å². The van der Waals surface area contributed by atoms with Gasteiger partial charge in [-0.3, -0.25) is 4.79 Å². The summed E-state index contributed by atoms with van der Waals surface area (Å²) in [6, 6.07) is 9.91. The van der Waals surface area contributed by atoms with Crippen molar-refractivity contribution in [3.8, 4) is 5.69 Å². The third-order valence-corrected chi connectivity index (χ3v) is 4.84. The fourth-order valence-corrected chi connectivity index (χ4v) is 3.29. The summed E-state index contributed by atoms with van der Waals surface area (Å²) in [6.07, 6.45) is 0.958. The highest BCUT2D eigenvalue weighted by Crippen LogP contribution is 2.30. The van der Waals surface area contributed by atoms with Gasteiger partial charge in [-0.15, -0.1) is 0 Å². The molecule has 1 aliphatic heterocycles. The van der Waals surface area contributed by atoms with E-state index in [2.05, 4.69) is 12.0 Å². The van der Waals surface area contributed by atoms with Gasteiger partial charge >= 0.3 is 0 Å². The van der Waals surface area contributed by atoms with Crippen LogP contribution in [-0.4, -0.2) is 40.2 Å². The molecule has 1 saturated heterocycles. The van der Waals surface area contributed by atoms with Gasteiger partial charge in [0.25, 0.3) is 5.91 Å². The fourth-order valence-electron chi connectivity index (χ4n) is 3.29. The highest BCUT2D eigenvalue weighted by Gasteiger charge is 2.36. The first-order chi connectivity index (χ1) is 10.9. The fraction of sp³-hybridized carbons (Fsp3) is 0.444. The first kappa shape index (κ1) is 15.7. The Morgan fingerprint density at radius 1 is 1.30 bits per heavy atom. The van der Waals surface area contributed by atoms with Crippen LogP contribution in [-0.2, 0) is 0 Å². The molecule has 1 aromatic carbocycles. The maximum Gasteiger partial charge on any atom is 0.257 e. The van der Waals surface area contributed by atoms with Crippen LogP contribution >= 0.6 is 0 Å². The number of aryl methyl sites for hydroxylation is 1. The molecule has 2 N–H and O–H groups in total. The van der Waals surface area contributed by atoms with Gasteiger partial charge in [0.2, 0.25) is 0 Å². The Hall–Kier alpha value is -2.14. The second kappa shape index (κ2) is 5.81. The van der Waals surface area contributed by atoms with Gasteiger partial charge in [0, 0.05) is 13.1 Å². The van der Waals surface area contributed by atoms with Crippen molar-refractivity contribution in [2.75, 3.05) is 19.6 Å². The van der Waals surface area contributed by atoms with E-state index in [0.29, 0.717) is 6.54 Å². The normalized spacial score (nSPS) is 21.0. The number of carbonyl (C=O) groups is 1. The molecule has 2 heterocycles. The number of benzene rings is 1. The molecule has 2 aromatic rings. The van der Waals surface area contributed by atoms with Crippen LogP contribution in [0, 0.1) is 19.3 Å². The van der Waals surface area contributed by atoms with Gasteiger partial charge in [-0.2, -0.15) is 5.10 Å². The Balaban J connectivity index is 1.92. The number of likely N-dealkylation sites (tertiary alicyclic amines) is 1. The van der Waals surface area contributed by atoms with E-state index in [1.807, 2.05) is 53.8 Å². The van der Waals surface area contributed by atoms with E-state index in [0.717, 1.165) is 42.1 Å². The molecule has 3 rings (SSSR count). The summed E-state index contributed by atoms with van der Waals surface area (Å²) < 4.78 is 1.85. The predicted octanol–water partition coefficient (Wildman–Crippen LogP) is 2.30. The van der Waals surface area contributed by atoms with Crippen LogP contribution < -0.4 is 5.73 Å². The van der Waals surface area contributed by atoms with Crippen LogP contribution in [0.1, 0.15) is 35.1 Å². The lowest BCUT2D eigenvalue weighted by molar-refractivity contribution is 0.0775. The van der Waals surface area contributed by atoms with Crippen molar-refractivity contribution < 1.29 is 4.79 Å². The standard InChI is InChI=1S/C18H24N4O/c1-13-16(17(23)21-10-9-18(3,11-19)12-21)14(2)22(20-13)15-7-5-4-6-8-15/h4-8H,9-12,19H2,1-3H3. The molecular weight excluding hydrogens is 288 g/mol. The summed E-state index contributed by atoms with van der Waals surface area (Å²) in [5.74, 6) is 0.0688. The monoisotopic (exact) mass is 312 g/mol. The lowest BCUT2D eigenvalue weighted by atomic mass is 9.90. The van der Waals surface area contributed by atoms with Gasteiger partial charge in [-0.1, -0.05) is 25.1 Å². The number of aromatic nitrogens is 2. The SMILES string of the molecule is Cc1nn(-c2ccccc2)c(C)c1C(=O)N1CCC(C)(CN)C1. The van der Waals surface area contributed by atoms with E-state index in [9.17, 15) is 4.79 Å². The number of amides is 1. The molecule has 0 aliphatic carbocycles. The molecule has 1 fully saturated rings. The molecule has 23 heavy (non-hydrogen) atoms. The van der Waals surface area contributed by atoms with Gasteiger partial charge in [-0.05, 0) is 44.4 Å². The quantitative estimate of drug-likeness (QED) is 0.946. The third-order valence-electron chi connectivity index (χ3n) is 4.84. The van der Waals surface area contributed by atoms with Crippen LogP contribution in [0.3, 0.4) is 0 Å². The molecule has 5 nitrogen and oxygen atoms in total. The van der Waals surface area contributed by atoms with Crippen molar-refractivity contribution in [3.63, 3.8) is 0 Å². The second-order valence-electron chi connectivity index (χ2n) is 6.78. The largest absolute Gasteiger partial charge is 0.338 e. The smallest absolute Gasteiger partial charge is 0.257 e. The summed E-state index contributed by atoms with van der Waals surface area (Å²) in [7, 11) is 0. The minimum Gasteiger partial charge on any atom is -0.338 e. The maximum absolute atomic E-state index is 13.0. The Morgan fingerprint density at radius 3 is 2.61 bits per heavy atom. The molecule has 1 aliphatic rings. The van der Waals surface area contributed by atoms with Crippen molar-refractivity contribution in [1.82, 2.24) is 14.7 Å². The minimum absolute atomic E-state index is 0.0346. The van der Waals surface area contributed by atoms with Crippen molar-refractivity contribution in [2.24, 2.45) is 11.1 Å². The Bertz CT molecular complexity index is 722. The zero-order chi connectivity index (χ0) is 16.6. The van der Waals surface area contributed by atoms with E-state index in [-0.39, 0.29) is 11.3 Å². The summed E-state index contributed by atoms with van der Waals surface area (Å²) in [5, 5.41) is 4.57. The molecule has 0 radical (unpaired) electrons. The maximum atomic E-state index is 13.0. The summed E-state index contributed by atoms with van der Waals surface area (Å²) in [4.78, 5) is 14.9. The first-order valence-corrected chi connectivity index (χ1v) is 8.06. The number of rotatable bonds is 3. The van der Waals surface area contributed by atoms with Crippen molar-refractivity contribution in [3.05, 3.63) is 47.3 Å². The van der Waals surface area contributed by atoms with Gasteiger partial charge in [-0.25, -0.2) is 4.68 Å². The summed E-state index contributed by atoms with van der Waals surface area (Å²) in [5.41, 5.74) is 9.24. The number of nitrogens with two attached hydrogens (primary N) is 1. The second-order valence-corrected chi connectivity index (χ2v) is 6.78. The van der Waals surface area contributed by atoms with E-state index in [4.69, 9.17) is 5.73 Å². The number of hydrogen-bond acceptors (Lipinski definition) is 3. The van der Waals surface area contributed by atoms with Crippen LogP contribution in [0.2, 0.25) is 0 Å². The molecule has 0 spiro atoms. The molecule has 122 valence electrons. The molecule has 5 heteroatoms. The Morgan fingerprint density at radius 2 is 2.00 bits per heavy atom. The molecule has 0 saturated carbocycles. The van der Waals surface area contributed by atoms with Gasteiger partial charge in [0.1, 0.15) is 0 Å². The lowest BCUT2D eigenvalue weighted by Crippen LogP contribution is -2.34. The number of carbonyl (C=O) groups excluding carboxylic acids is 1. The van der Waals surface area contributed by atoms with E-state index in [1.165, 1.54) is 0 Å². The average molecular weight is 312 g/mol. The summed E-state index contributed by atoms with van der Waals surface area (Å²) >= 11 is 0. The predicted molar refractivity (Wildman–Crippen MR) is 90.7 cm³/mol.